The molecule has 1 aromatic rings. The highest BCUT2D eigenvalue weighted by Gasteiger charge is 2.11. The van der Waals surface area contributed by atoms with Crippen molar-refractivity contribution in [2.24, 2.45) is 0 Å². The molecule has 0 atom stereocenters. The van der Waals surface area contributed by atoms with E-state index in [1.165, 1.54) is 12.2 Å². The molecule has 0 N–H and O–H groups in total. The van der Waals surface area contributed by atoms with E-state index in [4.69, 9.17) is 0 Å². The lowest BCUT2D eigenvalue weighted by Gasteiger charge is -1.99. The Morgan fingerprint density at radius 1 is 1.33 bits per heavy atom. The van der Waals surface area contributed by atoms with Crippen LogP contribution in [-0.2, 0) is 19.5 Å². The van der Waals surface area contributed by atoms with Gasteiger partial charge in [0, 0.05) is 6.42 Å². The van der Waals surface area contributed by atoms with E-state index in [2.05, 4.69) is 42.3 Å². The fourth-order valence-electron chi connectivity index (χ4n) is 1.64. The fraction of sp³-hybridized carbons (Fsp3) is 0.700. The van der Waals surface area contributed by atoms with E-state index in [1.54, 1.807) is 0 Å². The Bertz CT molecular complexity index is 238. The third kappa shape index (κ3) is 1.68. The third-order valence-corrected chi connectivity index (χ3v) is 2.21. The van der Waals surface area contributed by atoms with Gasteiger partial charge in [0.1, 0.15) is 12.4 Å². The number of aromatic nitrogens is 2. The van der Waals surface area contributed by atoms with Gasteiger partial charge in [0.2, 0.25) is 0 Å². The molecule has 0 unspecified atom stereocenters. The minimum Gasteiger partial charge on any atom is -0.235 e. The van der Waals surface area contributed by atoms with Gasteiger partial charge in [-0.1, -0.05) is 13.8 Å². The van der Waals surface area contributed by atoms with Crippen LogP contribution in [0.1, 0.15) is 33.0 Å². The molecule has 0 saturated heterocycles. The van der Waals surface area contributed by atoms with E-state index in [-0.39, 0.29) is 0 Å². The SMILES string of the molecule is CCCn1cc[n+](CC)c1CC. The van der Waals surface area contributed by atoms with E-state index < -0.39 is 0 Å². The Balaban J connectivity index is 2.88. The molecule has 0 fully saturated rings. The summed E-state index contributed by atoms with van der Waals surface area (Å²) in [4.78, 5) is 0. The van der Waals surface area contributed by atoms with Gasteiger partial charge in [-0.2, -0.15) is 0 Å². The molecule has 2 heteroatoms. The fourth-order valence-corrected chi connectivity index (χ4v) is 1.64. The predicted molar refractivity (Wildman–Crippen MR) is 50.0 cm³/mol. The number of aryl methyl sites for hydroxylation is 2. The van der Waals surface area contributed by atoms with E-state index in [1.807, 2.05) is 0 Å². The van der Waals surface area contributed by atoms with Crippen LogP contribution in [0.3, 0.4) is 0 Å². The molecule has 1 rings (SSSR count). The molecule has 0 radical (unpaired) electrons. The molecule has 0 aliphatic carbocycles. The first-order chi connectivity index (χ1) is 5.83. The summed E-state index contributed by atoms with van der Waals surface area (Å²) >= 11 is 0. The highest BCUT2D eigenvalue weighted by atomic mass is 15.1. The zero-order valence-electron chi connectivity index (χ0n) is 8.38. The largest absolute Gasteiger partial charge is 0.256 e. The van der Waals surface area contributed by atoms with Gasteiger partial charge in [-0.15, -0.1) is 0 Å². The third-order valence-electron chi connectivity index (χ3n) is 2.21. The smallest absolute Gasteiger partial charge is 0.235 e. The van der Waals surface area contributed by atoms with Crippen molar-refractivity contribution in [2.75, 3.05) is 0 Å². The molecular weight excluding hydrogens is 148 g/mol. The highest BCUT2D eigenvalue weighted by Crippen LogP contribution is 1.98. The van der Waals surface area contributed by atoms with Crippen LogP contribution in [0.2, 0.25) is 0 Å². The molecule has 12 heavy (non-hydrogen) atoms. The second kappa shape index (κ2) is 4.29. The van der Waals surface area contributed by atoms with Crippen molar-refractivity contribution in [1.29, 1.82) is 0 Å². The normalized spacial score (nSPS) is 10.6. The summed E-state index contributed by atoms with van der Waals surface area (Å²) in [5.74, 6) is 1.44. The lowest BCUT2D eigenvalue weighted by Crippen LogP contribution is -2.35. The molecule has 0 saturated carbocycles. The zero-order valence-corrected chi connectivity index (χ0v) is 8.38. The predicted octanol–water partition coefficient (Wildman–Crippen LogP) is 1.77. The van der Waals surface area contributed by atoms with Gasteiger partial charge in [0.05, 0.1) is 13.1 Å². The maximum absolute atomic E-state index is 2.35. The first-order valence-electron chi connectivity index (χ1n) is 4.90. The Morgan fingerprint density at radius 2 is 2.08 bits per heavy atom. The molecule has 0 aliphatic rings. The van der Waals surface area contributed by atoms with Gasteiger partial charge in [0.15, 0.2) is 0 Å². The second-order valence-corrected chi connectivity index (χ2v) is 3.05. The number of hydrogen-bond acceptors (Lipinski definition) is 0. The summed E-state index contributed by atoms with van der Waals surface area (Å²) in [6, 6.07) is 0. The minimum absolute atomic E-state index is 1.08. The van der Waals surface area contributed by atoms with E-state index >= 15 is 0 Å². The average molecular weight is 167 g/mol. The van der Waals surface area contributed by atoms with E-state index in [0.29, 0.717) is 0 Å². The Hall–Kier alpha value is -0.790. The van der Waals surface area contributed by atoms with Crippen molar-refractivity contribution < 1.29 is 4.57 Å². The average Bonchev–Trinajstić information content (AvgIpc) is 2.47. The van der Waals surface area contributed by atoms with Crippen LogP contribution >= 0.6 is 0 Å². The van der Waals surface area contributed by atoms with Crippen LogP contribution in [0.5, 0.6) is 0 Å². The van der Waals surface area contributed by atoms with Crippen LogP contribution in [0, 0.1) is 0 Å². The summed E-state index contributed by atoms with van der Waals surface area (Å²) in [6.07, 6.45) is 6.70. The quantitative estimate of drug-likeness (QED) is 0.604. The van der Waals surface area contributed by atoms with Crippen molar-refractivity contribution >= 4 is 0 Å². The summed E-state index contributed by atoms with van der Waals surface area (Å²) in [7, 11) is 0. The van der Waals surface area contributed by atoms with Crippen molar-refractivity contribution in [3.05, 3.63) is 18.2 Å². The zero-order chi connectivity index (χ0) is 8.97. The van der Waals surface area contributed by atoms with Crippen LogP contribution in [0.15, 0.2) is 12.4 Å². The summed E-state index contributed by atoms with van der Waals surface area (Å²) in [5.41, 5.74) is 0. The molecule has 0 aliphatic heterocycles. The molecule has 0 aromatic carbocycles. The standard InChI is InChI=1S/C10H19N2/c1-4-7-12-9-8-11(6-3)10(12)5-2/h8-9H,4-7H2,1-3H3/q+1. The lowest BCUT2D eigenvalue weighted by molar-refractivity contribution is -0.700. The number of hydrogen-bond donors (Lipinski definition) is 0. The Morgan fingerprint density at radius 3 is 2.58 bits per heavy atom. The lowest BCUT2D eigenvalue weighted by atomic mass is 10.4. The maximum atomic E-state index is 2.35. The first kappa shape index (κ1) is 9.30. The highest BCUT2D eigenvalue weighted by molar-refractivity contribution is 4.82. The number of rotatable bonds is 4. The summed E-state index contributed by atoms with van der Waals surface area (Å²) in [6.45, 7) is 8.86. The van der Waals surface area contributed by atoms with Crippen molar-refractivity contribution in [2.45, 2.75) is 46.7 Å². The first-order valence-corrected chi connectivity index (χ1v) is 4.90. The van der Waals surface area contributed by atoms with E-state index in [9.17, 15) is 0 Å². The molecule has 0 spiro atoms. The molecule has 0 amide bonds. The molecule has 1 heterocycles. The van der Waals surface area contributed by atoms with Gasteiger partial charge >= 0.3 is 0 Å². The maximum Gasteiger partial charge on any atom is 0.256 e. The molecule has 0 bridgehead atoms. The van der Waals surface area contributed by atoms with Gasteiger partial charge in [0.25, 0.3) is 5.82 Å². The van der Waals surface area contributed by atoms with Crippen LogP contribution in [0.25, 0.3) is 0 Å². The van der Waals surface area contributed by atoms with Crippen LogP contribution in [0.4, 0.5) is 0 Å². The topological polar surface area (TPSA) is 8.81 Å². The summed E-state index contributed by atoms with van der Waals surface area (Å²) < 4.78 is 4.67. The van der Waals surface area contributed by atoms with Crippen LogP contribution < -0.4 is 4.57 Å². The number of imidazole rings is 1. The second-order valence-electron chi connectivity index (χ2n) is 3.05. The van der Waals surface area contributed by atoms with E-state index in [0.717, 1.165) is 19.5 Å². The van der Waals surface area contributed by atoms with Gasteiger partial charge < -0.3 is 0 Å². The van der Waals surface area contributed by atoms with Crippen LogP contribution in [-0.4, -0.2) is 4.57 Å². The summed E-state index contributed by atoms with van der Waals surface area (Å²) in [5, 5.41) is 0. The molecular formula is C10H19N2+. The molecule has 2 nitrogen and oxygen atoms in total. The number of nitrogens with zero attached hydrogens (tertiary/aromatic N) is 2. The Kier molecular flexibility index (Phi) is 3.32. The van der Waals surface area contributed by atoms with Crippen molar-refractivity contribution in [1.82, 2.24) is 4.57 Å². The monoisotopic (exact) mass is 167 g/mol. The van der Waals surface area contributed by atoms with Gasteiger partial charge in [-0.05, 0) is 13.3 Å². The minimum atomic E-state index is 1.08. The Labute approximate surface area is 74.8 Å². The van der Waals surface area contributed by atoms with Gasteiger partial charge in [-0.3, -0.25) is 0 Å². The van der Waals surface area contributed by atoms with Crippen molar-refractivity contribution in [3.8, 4) is 0 Å². The van der Waals surface area contributed by atoms with Gasteiger partial charge in [-0.25, -0.2) is 9.13 Å². The van der Waals surface area contributed by atoms with Crippen molar-refractivity contribution in [3.63, 3.8) is 0 Å². The molecule has 1 aromatic heterocycles. The molecule has 68 valence electrons.